The Balaban J connectivity index is 2.33. The molecule has 0 saturated heterocycles. The van der Waals surface area contributed by atoms with Gasteiger partial charge in [-0.15, -0.1) is 0 Å². The SMILES string of the molecule is CC1(C)CCC[C@]2(C)C=C(Cl)CC[C@@H]12. The number of hydrogen-bond acceptors (Lipinski definition) is 0. The van der Waals surface area contributed by atoms with E-state index in [-0.39, 0.29) is 0 Å². The first-order valence-electron chi connectivity index (χ1n) is 5.81. The molecule has 2 aliphatic carbocycles. The third-order valence-corrected chi connectivity index (χ3v) is 4.73. The van der Waals surface area contributed by atoms with Gasteiger partial charge in [-0.3, -0.25) is 0 Å². The maximum atomic E-state index is 6.18. The van der Waals surface area contributed by atoms with E-state index < -0.39 is 0 Å². The first kappa shape index (κ1) is 10.5. The smallest absolute Gasteiger partial charge is 0.0146 e. The fraction of sp³-hybridized carbons (Fsp3) is 0.846. The molecule has 0 aromatic heterocycles. The van der Waals surface area contributed by atoms with Gasteiger partial charge in [0, 0.05) is 5.03 Å². The van der Waals surface area contributed by atoms with E-state index in [0.29, 0.717) is 10.8 Å². The number of hydrogen-bond donors (Lipinski definition) is 0. The molecular formula is C13H21Cl. The molecule has 2 atom stereocenters. The standard InChI is InChI=1S/C13H21Cl/c1-12(2)7-4-8-13(3)9-10(14)5-6-11(12)13/h9,11H,4-8H2,1-3H3/t11-,13+/m0/s1. The quantitative estimate of drug-likeness (QED) is 0.544. The molecule has 0 amide bonds. The Morgan fingerprint density at radius 2 is 2.00 bits per heavy atom. The lowest BCUT2D eigenvalue weighted by Crippen LogP contribution is -2.42. The highest BCUT2D eigenvalue weighted by molar-refractivity contribution is 6.29. The molecular weight excluding hydrogens is 192 g/mol. The molecule has 0 heterocycles. The van der Waals surface area contributed by atoms with Crippen LogP contribution >= 0.6 is 11.6 Å². The van der Waals surface area contributed by atoms with E-state index in [1.807, 2.05) is 0 Å². The van der Waals surface area contributed by atoms with E-state index in [0.717, 1.165) is 17.4 Å². The lowest BCUT2D eigenvalue weighted by molar-refractivity contribution is 0.0228. The van der Waals surface area contributed by atoms with E-state index in [4.69, 9.17) is 11.6 Å². The Hall–Kier alpha value is 0.0300. The summed E-state index contributed by atoms with van der Waals surface area (Å²) in [7, 11) is 0. The predicted molar refractivity (Wildman–Crippen MR) is 62.4 cm³/mol. The van der Waals surface area contributed by atoms with Crippen LogP contribution in [0.25, 0.3) is 0 Å². The molecule has 0 aromatic carbocycles. The molecule has 1 saturated carbocycles. The van der Waals surface area contributed by atoms with Gasteiger partial charge in [0.15, 0.2) is 0 Å². The number of rotatable bonds is 0. The Kier molecular flexibility index (Phi) is 2.46. The van der Waals surface area contributed by atoms with Crippen LogP contribution < -0.4 is 0 Å². The molecule has 0 bridgehead atoms. The van der Waals surface area contributed by atoms with Crippen LogP contribution in [0.4, 0.5) is 0 Å². The van der Waals surface area contributed by atoms with Gasteiger partial charge in [-0.25, -0.2) is 0 Å². The second-order valence-corrected chi connectivity index (χ2v) is 6.52. The van der Waals surface area contributed by atoms with E-state index in [1.165, 1.54) is 25.7 Å². The van der Waals surface area contributed by atoms with Crippen LogP contribution in [-0.4, -0.2) is 0 Å². The summed E-state index contributed by atoms with van der Waals surface area (Å²) in [6.07, 6.45) is 8.82. The average molecular weight is 213 g/mol. The summed E-state index contributed by atoms with van der Waals surface area (Å²) < 4.78 is 0. The molecule has 2 rings (SSSR count). The van der Waals surface area contributed by atoms with Crippen molar-refractivity contribution in [2.75, 3.05) is 0 Å². The van der Waals surface area contributed by atoms with Crippen molar-refractivity contribution >= 4 is 11.6 Å². The minimum atomic E-state index is 0.386. The molecule has 2 aliphatic rings. The van der Waals surface area contributed by atoms with E-state index in [2.05, 4.69) is 26.8 Å². The van der Waals surface area contributed by atoms with E-state index in [1.54, 1.807) is 0 Å². The fourth-order valence-corrected chi connectivity index (χ4v) is 4.13. The van der Waals surface area contributed by atoms with Gasteiger partial charge in [0.05, 0.1) is 0 Å². The van der Waals surface area contributed by atoms with Crippen molar-refractivity contribution in [3.8, 4) is 0 Å². The molecule has 1 fully saturated rings. The second kappa shape index (κ2) is 3.27. The number of halogens is 1. The van der Waals surface area contributed by atoms with Crippen LogP contribution in [0.5, 0.6) is 0 Å². The van der Waals surface area contributed by atoms with Crippen molar-refractivity contribution in [2.24, 2.45) is 16.7 Å². The van der Waals surface area contributed by atoms with E-state index >= 15 is 0 Å². The van der Waals surface area contributed by atoms with Crippen LogP contribution in [0.2, 0.25) is 0 Å². The number of fused-ring (bicyclic) bond motifs is 1. The normalized spacial score (nSPS) is 41.4. The maximum Gasteiger partial charge on any atom is 0.0146 e. The van der Waals surface area contributed by atoms with Crippen LogP contribution in [0, 0.1) is 16.7 Å². The maximum absolute atomic E-state index is 6.18. The topological polar surface area (TPSA) is 0 Å². The molecule has 0 radical (unpaired) electrons. The Morgan fingerprint density at radius 3 is 2.71 bits per heavy atom. The fourth-order valence-electron chi connectivity index (χ4n) is 3.77. The van der Waals surface area contributed by atoms with Gasteiger partial charge in [-0.1, -0.05) is 44.9 Å². The zero-order chi connectivity index (χ0) is 10.4. The van der Waals surface area contributed by atoms with Crippen molar-refractivity contribution in [1.29, 1.82) is 0 Å². The van der Waals surface area contributed by atoms with Gasteiger partial charge < -0.3 is 0 Å². The highest BCUT2D eigenvalue weighted by Crippen LogP contribution is 2.56. The van der Waals surface area contributed by atoms with Gasteiger partial charge in [-0.2, -0.15) is 0 Å². The molecule has 0 aliphatic heterocycles. The minimum absolute atomic E-state index is 0.386. The summed E-state index contributed by atoms with van der Waals surface area (Å²) >= 11 is 6.18. The molecule has 0 N–H and O–H groups in total. The van der Waals surface area contributed by atoms with Crippen molar-refractivity contribution in [3.05, 3.63) is 11.1 Å². The molecule has 80 valence electrons. The molecule has 0 spiro atoms. The highest BCUT2D eigenvalue weighted by atomic mass is 35.5. The van der Waals surface area contributed by atoms with Crippen LogP contribution in [0.3, 0.4) is 0 Å². The third-order valence-electron chi connectivity index (χ3n) is 4.43. The van der Waals surface area contributed by atoms with Gasteiger partial charge in [0.1, 0.15) is 0 Å². The molecule has 0 unspecified atom stereocenters. The number of allylic oxidation sites excluding steroid dienone is 2. The summed E-state index contributed by atoms with van der Waals surface area (Å²) in [5.41, 5.74) is 0.901. The largest absolute Gasteiger partial charge is 0.0895 e. The molecule has 0 aromatic rings. The first-order valence-corrected chi connectivity index (χ1v) is 6.19. The van der Waals surface area contributed by atoms with Crippen LogP contribution in [-0.2, 0) is 0 Å². The summed E-state index contributed by atoms with van der Waals surface area (Å²) in [6.45, 7) is 7.27. The van der Waals surface area contributed by atoms with E-state index in [9.17, 15) is 0 Å². The summed E-state index contributed by atoms with van der Waals surface area (Å²) in [6, 6.07) is 0. The van der Waals surface area contributed by atoms with Crippen molar-refractivity contribution in [2.45, 2.75) is 52.9 Å². The lowest BCUT2D eigenvalue weighted by atomic mass is 9.54. The highest BCUT2D eigenvalue weighted by Gasteiger charge is 2.46. The average Bonchev–Trinajstić information content (AvgIpc) is 2.00. The van der Waals surface area contributed by atoms with Gasteiger partial charge >= 0.3 is 0 Å². The zero-order valence-corrected chi connectivity index (χ0v) is 10.3. The third kappa shape index (κ3) is 1.62. The second-order valence-electron chi connectivity index (χ2n) is 6.03. The summed E-state index contributed by atoms with van der Waals surface area (Å²) in [5, 5.41) is 1.10. The first-order chi connectivity index (χ1) is 6.44. The van der Waals surface area contributed by atoms with Crippen molar-refractivity contribution in [1.82, 2.24) is 0 Å². The van der Waals surface area contributed by atoms with Crippen LogP contribution in [0.15, 0.2) is 11.1 Å². The Morgan fingerprint density at radius 1 is 1.29 bits per heavy atom. The summed E-state index contributed by atoms with van der Waals surface area (Å²) in [5.74, 6) is 0.839. The van der Waals surface area contributed by atoms with Crippen molar-refractivity contribution < 1.29 is 0 Å². The zero-order valence-electron chi connectivity index (χ0n) is 9.57. The Bertz CT molecular complexity index is 264. The molecule has 0 nitrogen and oxygen atoms in total. The van der Waals surface area contributed by atoms with Gasteiger partial charge in [0.2, 0.25) is 0 Å². The monoisotopic (exact) mass is 212 g/mol. The molecule has 1 heteroatoms. The molecule has 14 heavy (non-hydrogen) atoms. The van der Waals surface area contributed by atoms with Gasteiger partial charge in [0.25, 0.3) is 0 Å². The Labute approximate surface area is 92.7 Å². The van der Waals surface area contributed by atoms with Crippen molar-refractivity contribution in [3.63, 3.8) is 0 Å². The van der Waals surface area contributed by atoms with Crippen LogP contribution in [0.1, 0.15) is 52.9 Å². The summed E-state index contributed by atoms with van der Waals surface area (Å²) in [4.78, 5) is 0. The predicted octanol–water partition coefficient (Wildman–Crippen LogP) is 4.74. The minimum Gasteiger partial charge on any atom is -0.0895 e. The lowest BCUT2D eigenvalue weighted by Gasteiger charge is -2.51. The van der Waals surface area contributed by atoms with Gasteiger partial charge in [-0.05, 0) is 42.4 Å².